The number of aliphatic hydroxyl groups is 1. The van der Waals surface area contributed by atoms with Crippen LogP contribution in [0.25, 0.3) is 0 Å². The molecule has 1 unspecified atom stereocenters. The Hall–Kier alpha value is -0.710. The Bertz CT molecular complexity index is 361. The van der Waals surface area contributed by atoms with Crippen molar-refractivity contribution in [3.05, 3.63) is 29.8 Å². The first-order chi connectivity index (χ1) is 8.26. The summed E-state index contributed by atoms with van der Waals surface area (Å²) in [6.07, 6.45) is 0.794. The first-order valence-corrected chi connectivity index (χ1v) is 6.93. The van der Waals surface area contributed by atoms with Crippen LogP contribution in [0.15, 0.2) is 24.3 Å². The van der Waals surface area contributed by atoms with Crippen LogP contribution in [0.4, 0.5) is 0 Å². The molecular formula is C13H18O3S. The standard InChI is InChI=1S/C13H18O3S/c1-15-7-8-16-12-5-3-2-4-11(12)13(14)6-9-17-10-13/h2-5,14H,6-10H2,1H3. The van der Waals surface area contributed by atoms with Crippen molar-refractivity contribution in [2.45, 2.75) is 12.0 Å². The normalized spacial score (nSPS) is 23.9. The highest BCUT2D eigenvalue weighted by molar-refractivity contribution is 7.99. The summed E-state index contributed by atoms with van der Waals surface area (Å²) >= 11 is 1.78. The van der Waals surface area contributed by atoms with Crippen molar-refractivity contribution in [1.82, 2.24) is 0 Å². The van der Waals surface area contributed by atoms with Gasteiger partial charge >= 0.3 is 0 Å². The molecule has 1 aromatic carbocycles. The zero-order chi connectivity index (χ0) is 12.1. The fraction of sp³-hybridized carbons (Fsp3) is 0.538. The molecule has 2 rings (SSSR count). The zero-order valence-corrected chi connectivity index (χ0v) is 10.8. The molecule has 0 radical (unpaired) electrons. The van der Waals surface area contributed by atoms with Crippen molar-refractivity contribution in [3.63, 3.8) is 0 Å². The quantitative estimate of drug-likeness (QED) is 0.816. The van der Waals surface area contributed by atoms with E-state index in [1.54, 1.807) is 18.9 Å². The first-order valence-electron chi connectivity index (χ1n) is 5.78. The number of benzene rings is 1. The summed E-state index contributed by atoms with van der Waals surface area (Å²) < 4.78 is 10.6. The van der Waals surface area contributed by atoms with Crippen molar-refractivity contribution in [3.8, 4) is 5.75 Å². The van der Waals surface area contributed by atoms with Crippen LogP contribution < -0.4 is 4.74 Å². The molecule has 94 valence electrons. The highest BCUT2D eigenvalue weighted by Gasteiger charge is 2.35. The molecule has 3 nitrogen and oxygen atoms in total. The van der Waals surface area contributed by atoms with Crippen molar-refractivity contribution >= 4 is 11.8 Å². The van der Waals surface area contributed by atoms with E-state index in [0.717, 1.165) is 29.2 Å². The van der Waals surface area contributed by atoms with Crippen LogP contribution >= 0.6 is 11.8 Å². The molecule has 1 aromatic rings. The summed E-state index contributed by atoms with van der Waals surface area (Å²) in [5, 5.41) is 10.6. The lowest BCUT2D eigenvalue weighted by molar-refractivity contribution is 0.0606. The lowest BCUT2D eigenvalue weighted by Gasteiger charge is -2.24. The third-order valence-corrected chi connectivity index (χ3v) is 4.11. The van der Waals surface area contributed by atoms with Crippen LogP contribution in [-0.4, -0.2) is 36.9 Å². The zero-order valence-electron chi connectivity index (χ0n) is 10.0. The number of para-hydroxylation sites is 1. The van der Waals surface area contributed by atoms with Crippen molar-refractivity contribution in [2.75, 3.05) is 31.8 Å². The van der Waals surface area contributed by atoms with Gasteiger partial charge in [0.15, 0.2) is 0 Å². The largest absolute Gasteiger partial charge is 0.491 e. The fourth-order valence-electron chi connectivity index (χ4n) is 1.98. The lowest BCUT2D eigenvalue weighted by atomic mass is 9.92. The van der Waals surface area contributed by atoms with E-state index in [-0.39, 0.29) is 0 Å². The van der Waals surface area contributed by atoms with Crippen LogP contribution in [0, 0.1) is 0 Å². The summed E-state index contributed by atoms with van der Waals surface area (Å²) in [5.74, 6) is 2.52. The Morgan fingerprint density at radius 1 is 1.35 bits per heavy atom. The van der Waals surface area contributed by atoms with Gasteiger partial charge in [-0.05, 0) is 18.2 Å². The van der Waals surface area contributed by atoms with Crippen molar-refractivity contribution in [2.24, 2.45) is 0 Å². The molecule has 0 aliphatic carbocycles. The predicted octanol–water partition coefficient (Wildman–Crippen LogP) is 2.04. The topological polar surface area (TPSA) is 38.7 Å². The van der Waals surface area contributed by atoms with Gasteiger partial charge in [-0.1, -0.05) is 18.2 Å². The van der Waals surface area contributed by atoms with E-state index in [4.69, 9.17) is 9.47 Å². The molecule has 1 N–H and O–H groups in total. The fourth-order valence-corrected chi connectivity index (χ4v) is 3.24. The summed E-state index contributed by atoms with van der Waals surface area (Å²) in [7, 11) is 1.65. The highest BCUT2D eigenvalue weighted by atomic mass is 32.2. The van der Waals surface area contributed by atoms with Gasteiger partial charge in [0.2, 0.25) is 0 Å². The Labute approximate surface area is 106 Å². The second-order valence-corrected chi connectivity index (χ2v) is 5.28. The second kappa shape index (κ2) is 5.76. The molecule has 0 bridgehead atoms. The van der Waals surface area contributed by atoms with E-state index in [0.29, 0.717) is 13.2 Å². The predicted molar refractivity (Wildman–Crippen MR) is 69.7 cm³/mol. The smallest absolute Gasteiger partial charge is 0.125 e. The minimum Gasteiger partial charge on any atom is -0.491 e. The summed E-state index contributed by atoms with van der Waals surface area (Å²) in [5.41, 5.74) is 0.176. The van der Waals surface area contributed by atoms with Crippen LogP contribution in [0.5, 0.6) is 5.75 Å². The summed E-state index contributed by atoms with van der Waals surface area (Å²) in [6.45, 7) is 1.07. The van der Waals surface area contributed by atoms with Crippen LogP contribution in [0.1, 0.15) is 12.0 Å². The first kappa shape index (κ1) is 12.7. The Morgan fingerprint density at radius 3 is 2.88 bits per heavy atom. The van der Waals surface area contributed by atoms with Gasteiger partial charge in [0.25, 0.3) is 0 Å². The summed E-state index contributed by atoms with van der Waals surface area (Å²) in [4.78, 5) is 0. The number of thioether (sulfide) groups is 1. The monoisotopic (exact) mass is 254 g/mol. The highest BCUT2D eigenvalue weighted by Crippen LogP contribution is 2.40. The van der Waals surface area contributed by atoms with Crippen LogP contribution in [0.3, 0.4) is 0 Å². The molecule has 17 heavy (non-hydrogen) atoms. The maximum absolute atomic E-state index is 10.6. The maximum atomic E-state index is 10.6. The molecular weight excluding hydrogens is 236 g/mol. The minimum absolute atomic E-state index is 0.511. The molecule has 1 atom stereocenters. The maximum Gasteiger partial charge on any atom is 0.125 e. The lowest BCUT2D eigenvalue weighted by Crippen LogP contribution is -2.25. The van der Waals surface area contributed by atoms with Gasteiger partial charge < -0.3 is 14.6 Å². The SMILES string of the molecule is COCCOc1ccccc1C1(O)CCSC1. The van der Waals surface area contributed by atoms with Gasteiger partial charge in [-0.3, -0.25) is 0 Å². The van der Waals surface area contributed by atoms with E-state index >= 15 is 0 Å². The molecule has 4 heteroatoms. The average molecular weight is 254 g/mol. The van der Waals surface area contributed by atoms with E-state index in [9.17, 15) is 5.11 Å². The van der Waals surface area contributed by atoms with E-state index in [2.05, 4.69) is 0 Å². The molecule has 1 heterocycles. The van der Waals surface area contributed by atoms with Crippen LogP contribution in [-0.2, 0) is 10.3 Å². The van der Waals surface area contributed by atoms with Gasteiger partial charge in [-0.25, -0.2) is 0 Å². The van der Waals surface area contributed by atoms with E-state index < -0.39 is 5.60 Å². The van der Waals surface area contributed by atoms with Crippen molar-refractivity contribution in [1.29, 1.82) is 0 Å². The van der Waals surface area contributed by atoms with Crippen LogP contribution in [0.2, 0.25) is 0 Å². The summed E-state index contributed by atoms with van der Waals surface area (Å²) in [6, 6.07) is 7.73. The Balaban J connectivity index is 2.15. The molecule has 0 amide bonds. The molecule has 1 saturated heterocycles. The molecule has 1 aliphatic heterocycles. The third-order valence-electron chi connectivity index (χ3n) is 2.93. The molecule has 1 fully saturated rings. The van der Waals surface area contributed by atoms with Gasteiger partial charge in [0.1, 0.15) is 18.0 Å². The average Bonchev–Trinajstić information content (AvgIpc) is 2.78. The Kier molecular flexibility index (Phi) is 4.31. The third kappa shape index (κ3) is 2.94. The van der Waals surface area contributed by atoms with Gasteiger partial charge in [0, 0.05) is 18.4 Å². The number of rotatable bonds is 5. The number of ether oxygens (including phenoxy) is 2. The Morgan fingerprint density at radius 2 is 2.18 bits per heavy atom. The van der Waals surface area contributed by atoms with Gasteiger partial charge in [0.05, 0.1) is 6.61 Å². The molecule has 0 spiro atoms. The van der Waals surface area contributed by atoms with Crippen molar-refractivity contribution < 1.29 is 14.6 Å². The number of hydrogen-bond donors (Lipinski definition) is 1. The van der Waals surface area contributed by atoms with Gasteiger partial charge in [-0.2, -0.15) is 11.8 Å². The number of methoxy groups -OCH3 is 1. The van der Waals surface area contributed by atoms with Gasteiger partial charge in [-0.15, -0.1) is 0 Å². The second-order valence-electron chi connectivity index (χ2n) is 4.17. The molecule has 0 aromatic heterocycles. The molecule has 1 aliphatic rings. The van der Waals surface area contributed by atoms with E-state index in [1.165, 1.54) is 0 Å². The number of hydrogen-bond acceptors (Lipinski definition) is 4. The minimum atomic E-state index is -0.728. The molecule has 0 saturated carbocycles. The van der Waals surface area contributed by atoms with E-state index in [1.807, 2.05) is 24.3 Å².